The molecule has 0 radical (unpaired) electrons. The van der Waals surface area contributed by atoms with E-state index in [9.17, 15) is 5.11 Å². The van der Waals surface area contributed by atoms with Crippen molar-refractivity contribution in [1.29, 1.82) is 0 Å². The van der Waals surface area contributed by atoms with Crippen LogP contribution in [0.5, 0.6) is 0 Å². The maximum absolute atomic E-state index is 11.2. The SMILES string of the molecule is O[C@H](c1ccccc1)C1CN(Cc2ccccc2)CC1c1ccc(Br)cc1. The van der Waals surface area contributed by atoms with Crippen molar-refractivity contribution in [3.8, 4) is 0 Å². The van der Waals surface area contributed by atoms with Gasteiger partial charge in [-0.15, -0.1) is 0 Å². The molecule has 27 heavy (non-hydrogen) atoms. The van der Waals surface area contributed by atoms with Crippen molar-refractivity contribution < 1.29 is 5.11 Å². The molecule has 1 N–H and O–H groups in total. The zero-order chi connectivity index (χ0) is 18.6. The molecule has 0 aliphatic carbocycles. The molecule has 0 aromatic heterocycles. The fraction of sp³-hybridized carbons (Fsp3) is 0.250. The Hall–Kier alpha value is -1.94. The predicted molar refractivity (Wildman–Crippen MR) is 113 cm³/mol. The largest absolute Gasteiger partial charge is 0.388 e. The van der Waals surface area contributed by atoms with Gasteiger partial charge in [-0.3, -0.25) is 4.90 Å². The predicted octanol–water partition coefficient (Wildman–Crippen LogP) is 5.40. The van der Waals surface area contributed by atoms with Crippen LogP contribution in [0.4, 0.5) is 0 Å². The summed E-state index contributed by atoms with van der Waals surface area (Å²) in [6.45, 7) is 2.78. The summed E-state index contributed by atoms with van der Waals surface area (Å²) in [5.41, 5.74) is 3.63. The highest BCUT2D eigenvalue weighted by atomic mass is 79.9. The van der Waals surface area contributed by atoms with Gasteiger partial charge in [0.2, 0.25) is 0 Å². The Bertz CT molecular complexity index is 851. The van der Waals surface area contributed by atoms with Gasteiger partial charge < -0.3 is 5.11 Å². The lowest BCUT2D eigenvalue weighted by Gasteiger charge is -2.24. The van der Waals surface area contributed by atoms with Crippen LogP contribution in [-0.2, 0) is 6.54 Å². The first-order chi connectivity index (χ1) is 13.2. The van der Waals surface area contributed by atoms with Crippen molar-refractivity contribution in [2.75, 3.05) is 13.1 Å². The first kappa shape index (κ1) is 18.4. The lowest BCUT2D eigenvalue weighted by Crippen LogP contribution is -2.22. The van der Waals surface area contributed by atoms with Crippen molar-refractivity contribution in [2.24, 2.45) is 5.92 Å². The fourth-order valence-electron chi connectivity index (χ4n) is 4.16. The topological polar surface area (TPSA) is 23.5 Å². The Labute approximate surface area is 169 Å². The second kappa shape index (κ2) is 8.39. The molecule has 0 amide bonds. The molecule has 138 valence electrons. The van der Waals surface area contributed by atoms with Crippen molar-refractivity contribution in [3.05, 3.63) is 106 Å². The highest BCUT2D eigenvalue weighted by Gasteiger charge is 2.38. The summed E-state index contributed by atoms with van der Waals surface area (Å²) in [5.74, 6) is 0.495. The fourth-order valence-corrected chi connectivity index (χ4v) is 4.43. The molecule has 1 aliphatic heterocycles. The molecule has 4 rings (SSSR count). The maximum atomic E-state index is 11.2. The minimum absolute atomic E-state index is 0.178. The Morgan fingerprint density at radius 2 is 1.48 bits per heavy atom. The second-order valence-electron chi connectivity index (χ2n) is 7.36. The minimum Gasteiger partial charge on any atom is -0.388 e. The van der Waals surface area contributed by atoms with E-state index in [1.807, 2.05) is 30.3 Å². The van der Waals surface area contributed by atoms with E-state index in [1.165, 1.54) is 11.1 Å². The van der Waals surface area contributed by atoms with Gasteiger partial charge >= 0.3 is 0 Å². The molecule has 0 saturated carbocycles. The van der Waals surface area contributed by atoms with Crippen LogP contribution in [0.1, 0.15) is 28.7 Å². The molecule has 1 saturated heterocycles. The average Bonchev–Trinajstić information content (AvgIpc) is 3.13. The summed E-state index contributed by atoms with van der Waals surface area (Å²) in [6.07, 6.45) is -0.458. The smallest absolute Gasteiger partial charge is 0.0836 e. The third-order valence-electron chi connectivity index (χ3n) is 5.53. The van der Waals surface area contributed by atoms with Gasteiger partial charge in [-0.2, -0.15) is 0 Å². The molecule has 3 heteroatoms. The molecule has 2 unspecified atom stereocenters. The van der Waals surface area contributed by atoms with Gasteiger partial charge in [-0.1, -0.05) is 88.7 Å². The molecular formula is C24H24BrNO. The Morgan fingerprint density at radius 3 is 2.15 bits per heavy atom. The molecule has 2 nitrogen and oxygen atoms in total. The third-order valence-corrected chi connectivity index (χ3v) is 6.06. The normalized spacial score (nSPS) is 21.3. The number of halogens is 1. The number of aliphatic hydroxyl groups is 1. The second-order valence-corrected chi connectivity index (χ2v) is 8.27. The number of rotatable bonds is 5. The maximum Gasteiger partial charge on any atom is 0.0836 e. The van der Waals surface area contributed by atoms with Gasteiger partial charge in [-0.25, -0.2) is 0 Å². The van der Waals surface area contributed by atoms with Gasteiger partial charge in [0.25, 0.3) is 0 Å². The summed E-state index contributed by atoms with van der Waals surface area (Å²) in [5, 5.41) is 11.2. The van der Waals surface area contributed by atoms with E-state index >= 15 is 0 Å². The molecule has 0 spiro atoms. The minimum atomic E-state index is -0.458. The number of benzene rings is 3. The van der Waals surface area contributed by atoms with Gasteiger partial charge in [0.05, 0.1) is 6.10 Å². The van der Waals surface area contributed by atoms with Crippen molar-refractivity contribution in [2.45, 2.75) is 18.6 Å². The molecule has 1 heterocycles. The van der Waals surface area contributed by atoms with Crippen LogP contribution in [0, 0.1) is 5.92 Å². The van der Waals surface area contributed by atoms with Crippen LogP contribution < -0.4 is 0 Å². The highest BCUT2D eigenvalue weighted by molar-refractivity contribution is 9.10. The lowest BCUT2D eigenvalue weighted by molar-refractivity contribution is 0.103. The summed E-state index contributed by atoms with van der Waals surface area (Å²) >= 11 is 3.53. The Kier molecular flexibility index (Phi) is 5.72. The molecule has 1 aliphatic rings. The number of nitrogens with zero attached hydrogens (tertiary/aromatic N) is 1. The van der Waals surface area contributed by atoms with Gasteiger partial charge in [0.1, 0.15) is 0 Å². The van der Waals surface area contributed by atoms with E-state index in [1.54, 1.807) is 0 Å². The molecule has 3 aromatic rings. The van der Waals surface area contributed by atoms with E-state index in [4.69, 9.17) is 0 Å². The standard InChI is InChI=1S/C24H24BrNO/c25-21-13-11-19(12-14-21)22-16-26(15-18-7-3-1-4-8-18)17-23(22)24(27)20-9-5-2-6-10-20/h1-14,22-24,27H,15-17H2/t22?,23?,24-/m1/s1. The Balaban J connectivity index is 1.60. The van der Waals surface area contributed by atoms with E-state index in [-0.39, 0.29) is 5.92 Å². The average molecular weight is 422 g/mol. The van der Waals surface area contributed by atoms with Crippen molar-refractivity contribution >= 4 is 15.9 Å². The van der Waals surface area contributed by atoms with Gasteiger partial charge in [-0.05, 0) is 28.8 Å². The zero-order valence-electron chi connectivity index (χ0n) is 15.2. The summed E-state index contributed by atoms with van der Waals surface area (Å²) < 4.78 is 1.09. The van der Waals surface area contributed by atoms with Crippen LogP contribution >= 0.6 is 15.9 Å². The van der Waals surface area contributed by atoms with E-state index in [2.05, 4.69) is 75.4 Å². The lowest BCUT2D eigenvalue weighted by atomic mass is 9.83. The first-order valence-electron chi connectivity index (χ1n) is 9.45. The highest BCUT2D eigenvalue weighted by Crippen LogP contribution is 2.41. The molecule has 1 fully saturated rings. The third kappa shape index (κ3) is 4.32. The number of likely N-dealkylation sites (tertiary alicyclic amines) is 1. The van der Waals surface area contributed by atoms with Crippen LogP contribution in [-0.4, -0.2) is 23.1 Å². The first-order valence-corrected chi connectivity index (χ1v) is 10.2. The van der Waals surface area contributed by atoms with Crippen LogP contribution in [0.25, 0.3) is 0 Å². The zero-order valence-corrected chi connectivity index (χ0v) is 16.8. The number of aliphatic hydroxyl groups excluding tert-OH is 1. The van der Waals surface area contributed by atoms with E-state index in [0.717, 1.165) is 29.7 Å². The summed E-state index contributed by atoms with van der Waals surface area (Å²) in [4.78, 5) is 2.47. The van der Waals surface area contributed by atoms with Gasteiger partial charge in [0.15, 0.2) is 0 Å². The van der Waals surface area contributed by atoms with Crippen LogP contribution in [0.3, 0.4) is 0 Å². The van der Waals surface area contributed by atoms with Gasteiger partial charge in [0, 0.05) is 35.9 Å². The summed E-state index contributed by atoms with van der Waals surface area (Å²) in [6, 6.07) is 29.2. The molecular weight excluding hydrogens is 398 g/mol. The van der Waals surface area contributed by atoms with Crippen LogP contribution in [0.15, 0.2) is 89.4 Å². The quantitative estimate of drug-likeness (QED) is 0.595. The number of hydrogen-bond acceptors (Lipinski definition) is 2. The van der Waals surface area contributed by atoms with E-state index in [0.29, 0.717) is 5.92 Å². The summed E-state index contributed by atoms with van der Waals surface area (Å²) in [7, 11) is 0. The molecule has 3 atom stereocenters. The van der Waals surface area contributed by atoms with E-state index < -0.39 is 6.10 Å². The molecule has 3 aromatic carbocycles. The van der Waals surface area contributed by atoms with Crippen molar-refractivity contribution in [3.63, 3.8) is 0 Å². The Morgan fingerprint density at radius 1 is 0.852 bits per heavy atom. The van der Waals surface area contributed by atoms with Crippen LogP contribution in [0.2, 0.25) is 0 Å². The molecule has 0 bridgehead atoms. The van der Waals surface area contributed by atoms with Crippen molar-refractivity contribution in [1.82, 2.24) is 4.90 Å². The number of hydrogen-bond donors (Lipinski definition) is 1. The monoisotopic (exact) mass is 421 g/mol.